The zero-order valence-corrected chi connectivity index (χ0v) is 14.4. The van der Waals surface area contributed by atoms with E-state index in [-0.39, 0.29) is 0 Å². The monoisotopic (exact) mass is 351 g/mol. The normalized spacial score (nSPS) is 12.6. The Morgan fingerprint density at radius 3 is 2.90 bits per heavy atom. The maximum Gasteiger partial charge on any atom is 0.227 e. The minimum Gasteiger partial charge on any atom is -0.339 e. The molecule has 0 aliphatic heterocycles. The number of aromatic nitrogens is 2. The molecule has 0 aliphatic carbocycles. The topological polar surface area (TPSA) is 51.0 Å². The highest BCUT2D eigenvalue weighted by atomic mass is 79.9. The van der Waals surface area contributed by atoms with Crippen molar-refractivity contribution in [3.8, 4) is 11.4 Å². The number of halogens is 1. The van der Waals surface area contributed by atoms with Crippen LogP contribution in [0.15, 0.2) is 27.2 Å². The number of hydrogen-bond donors (Lipinski definition) is 1. The molecule has 21 heavy (non-hydrogen) atoms. The molecule has 1 atom stereocenters. The SMILES string of the molecule is CCCNC(C)CCc1nc(-c2ccc(C)cc2Br)no1. The molecule has 0 amide bonds. The standard InChI is InChI=1S/C16H22BrN3O/c1-4-9-18-12(3)6-8-15-19-16(20-21-15)13-7-5-11(2)10-14(13)17/h5,7,10,12,18H,4,6,8-9H2,1-3H3. The van der Waals surface area contributed by atoms with Crippen LogP contribution in [-0.2, 0) is 6.42 Å². The molecule has 0 saturated heterocycles. The number of rotatable bonds is 7. The lowest BCUT2D eigenvalue weighted by Gasteiger charge is -2.10. The molecular formula is C16H22BrN3O. The van der Waals surface area contributed by atoms with Crippen molar-refractivity contribution in [2.45, 2.75) is 46.1 Å². The van der Waals surface area contributed by atoms with Crippen molar-refractivity contribution in [1.29, 1.82) is 0 Å². The van der Waals surface area contributed by atoms with Gasteiger partial charge in [-0.3, -0.25) is 0 Å². The van der Waals surface area contributed by atoms with Gasteiger partial charge in [0.2, 0.25) is 11.7 Å². The van der Waals surface area contributed by atoms with Crippen molar-refractivity contribution in [2.24, 2.45) is 0 Å². The number of hydrogen-bond acceptors (Lipinski definition) is 4. The van der Waals surface area contributed by atoms with Crippen LogP contribution in [0, 0.1) is 6.92 Å². The first kappa shape index (κ1) is 16.2. The van der Waals surface area contributed by atoms with Gasteiger partial charge in [-0.05, 0) is 50.9 Å². The molecule has 1 heterocycles. The highest BCUT2D eigenvalue weighted by molar-refractivity contribution is 9.10. The molecule has 4 nitrogen and oxygen atoms in total. The Labute approximate surface area is 134 Å². The molecule has 2 aromatic rings. The lowest BCUT2D eigenvalue weighted by molar-refractivity contribution is 0.367. The maximum atomic E-state index is 5.35. The third-order valence-electron chi connectivity index (χ3n) is 3.37. The molecule has 114 valence electrons. The van der Waals surface area contributed by atoms with Crippen LogP contribution >= 0.6 is 15.9 Å². The summed E-state index contributed by atoms with van der Waals surface area (Å²) >= 11 is 3.55. The molecule has 0 fully saturated rings. The van der Waals surface area contributed by atoms with Crippen LogP contribution in [0.1, 0.15) is 38.1 Å². The van der Waals surface area contributed by atoms with Gasteiger partial charge in [-0.1, -0.05) is 34.1 Å². The number of nitrogens with zero attached hydrogens (tertiary/aromatic N) is 2. The lowest BCUT2D eigenvalue weighted by Crippen LogP contribution is -2.27. The summed E-state index contributed by atoms with van der Waals surface area (Å²) in [5.41, 5.74) is 2.16. The molecule has 1 unspecified atom stereocenters. The third kappa shape index (κ3) is 4.64. The minimum absolute atomic E-state index is 0.464. The molecule has 0 aliphatic rings. The van der Waals surface area contributed by atoms with E-state index in [2.05, 4.69) is 58.2 Å². The van der Waals surface area contributed by atoms with Gasteiger partial charge >= 0.3 is 0 Å². The summed E-state index contributed by atoms with van der Waals surface area (Å²) in [6, 6.07) is 6.58. The molecular weight excluding hydrogens is 330 g/mol. The zero-order chi connectivity index (χ0) is 15.2. The Morgan fingerprint density at radius 2 is 2.19 bits per heavy atom. The van der Waals surface area contributed by atoms with Crippen LogP contribution in [0.25, 0.3) is 11.4 Å². The molecule has 0 bridgehead atoms. The average Bonchev–Trinajstić information content (AvgIpc) is 2.91. The van der Waals surface area contributed by atoms with Crippen LogP contribution < -0.4 is 5.32 Å². The Bertz CT molecular complexity index is 583. The summed E-state index contributed by atoms with van der Waals surface area (Å²) in [5, 5.41) is 7.54. The first-order valence-electron chi connectivity index (χ1n) is 7.42. The molecule has 5 heteroatoms. The molecule has 1 aromatic carbocycles. The number of aryl methyl sites for hydroxylation is 2. The quantitative estimate of drug-likeness (QED) is 0.814. The van der Waals surface area contributed by atoms with E-state index in [0.717, 1.165) is 35.8 Å². The van der Waals surface area contributed by atoms with Gasteiger partial charge < -0.3 is 9.84 Å². The van der Waals surface area contributed by atoms with E-state index in [1.807, 2.05) is 12.1 Å². The maximum absolute atomic E-state index is 5.35. The summed E-state index contributed by atoms with van der Waals surface area (Å²) in [4.78, 5) is 4.49. The van der Waals surface area contributed by atoms with E-state index in [0.29, 0.717) is 17.8 Å². The van der Waals surface area contributed by atoms with Crippen molar-refractivity contribution in [2.75, 3.05) is 6.54 Å². The zero-order valence-electron chi connectivity index (χ0n) is 12.8. The Hall–Kier alpha value is -1.20. The van der Waals surface area contributed by atoms with Gasteiger partial charge in [-0.15, -0.1) is 0 Å². The summed E-state index contributed by atoms with van der Waals surface area (Å²) in [6.07, 6.45) is 2.95. The number of benzene rings is 1. The average molecular weight is 352 g/mol. The van der Waals surface area contributed by atoms with Crippen molar-refractivity contribution in [3.05, 3.63) is 34.1 Å². The molecule has 1 aromatic heterocycles. The summed E-state index contributed by atoms with van der Waals surface area (Å²) in [6.45, 7) is 7.46. The summed E-state index contributed by atoms with van der Waals surface area (Å²) in [5.74, 6) is 1.34. The first-order valence-corrected chi connectivity index (χ1v) is 8.22. The van der Waals surface area contributed by atoms with Crippen LogP contribution in [0.3, 0.4) is 0 Å². The second kappa shape index (κ2) is 7.71. The van der Waals surface area contributed by atoms with E-state index < -0.39 is 0 Å². The molecule has 2 rings (SSSR count). The van der Waals surface area contributed by atoms with Gasteiger partial charge in [-0.2, -0.15) is 4.98 Å². The molecule has 0 radical (unpaired) electrons. The van der Waals surface area contributed by atoms with Crippen LogP contribution in [0.4, 0.5) is 0 Å². The first-order chi connectivity index (χ1) is 10.1. The van der Waals surface area contributed by atoms with Crippen molar-refractivity contribution < 1.29 is 4.52 Å². The Balaban J connectivity index is 1.98. The van der Waals surface area contributed by atoms with E-state index in [1.54, 1.807) is 0 Å². The van der Waals surface area contributed by atoms with E-state index in [1.165, 1.54) is 5.56 Å². The minimum atomic E-state index is 0.464. The van der Waals surface area contributed by atoms with Crippen LogP contribution in [0.5, 0.6) is 0 Å². The van der Waals surface area contributed by atoms with E-state index in [9.17, 15) is 0 Å². The number of nitrogens with one attached hydrogen (secondary N) is 1. The fourth-order valence-electron chi connectivity index (χ4n) is 2.10. The van der Waals surface area contributed by atoms with Gasteiger partial charge in [0.15, 0.2) is 0 Å². The summed E-state index contributed by atoms with van der Waals surface area (Å²) in [7, 11) is 0. The van der Waals surface area contributed by atoms with Gasteiger partial charge in [-0.25, -0.2) is 0 Å². The lowest BCUT2D eigenvalue weighted by atomic mass is 10.1. The van der Waals surface area contributed by atoms with Crippen molar-refractivity contribution in [3.63, 3.8) is 0 Å². The van der Waals surface area contributed by atoms with Crippen LogP contribution in [0.2, 0.25) is 0 Å². The summed E-state index contributed by atoms with van der Waals surface area (Å²) < 4.78 is 6.34. The second-order valence-corrected chi connectivity index (χ2v) is 6.24. The van der Waals surface area contributed by atoms with Gasteiger partial charge in [0.1, 0.15) is 0 Å². The molecule has 0 saturated carbocycles. The van der Waals surface area contributed by atoms with Gasteiger partial charge in [0.05, 0.1) is 0 Å². The Morgan fingerprint density at radius 1 is 1.38 bits per heavy atom. The predicted molar refractivity (Wildman–Crippen MR) is 88.2 cm³/mol. The van der Waals surface area contributed by atoms with Crippen molar-refractivity contribution in [1.82, 2.24) is 15.5 Å². The Kier molecular flexibility index (Phi) is 5.94. The largest absolute Gasteiger partial charge is 0.339 e. The van der Waals surface area contributed by atoms with E-state index in [4.69, 9.17) is 4.52 Å². The van der Waals surface area contributed by atoms with Gasteiger partial charge in [0, 0.05) is 22.5 Å². The fourth-order valence-corrected chi connectivity index (χ4v) is 2.77. The highest BCUT2D eigenvalue weighted by Gasteiger charge is 2.12. The smallest absolute Gasteiger partial charge is 0.227 e. The van der Waals surface area contributed by atoms with Crippen LogP contribution in [-0.4, -0.2) is 22.7 Å². The van der Waals surface area contributed by atoms with Gasteiger partial charge in [0.25, 0.3) is 0 Å². The molecule has 0 spiro atoms. The van der Waals surface area contributed by atoms with E-state index >= 15 is 0 Å². The predicted octanol–water partition coefficient (Wildman–Crippen LogP) is 4.13. The fraction of sp³-hybridized carbons (Fsp3) is 0.500. The second-order valence-electron chi connectivity index (χ2n) is 5.39. The van der Waals surface area contributed by atoms with Crippen molar-refractivity contribution >= 4 is 15.9 Å². The third-order valence-corrected chi connectivity index (χ3v) is 4.02. The highest BCUT2D eigenvalue weighted by Crippen LogP contribution is 2.27. The molecule has 1 N–H and O–H groups in total.